The summed E-state index contributed by atoms with van der Waals surface area (Å²) in [6.45, 7) is 5.75. The zero-order valence-electron chi connectivity index (χ0n) is 16.3. The highest BCUT2D eigenvalue weighted by atomic mass is 16.6. The van der Waals surface area contributed by atoms with Gasteiger partial charge < -0.3 is 14.6 Å². The van der Waals surface area contributed by atoms with Crippen LogP contribution in [0.2, 0.25) is 0 Å². The Bertz CT molecular complexity index is 966. The Morgan fingerprint density at radius 1 is 1.29 bits per heavy atom. The number of fused-ring (bicyclic) bond motifs is 1. The first-order valence-corrected chi connectivity index (χ1v) is 9.02. The minimum absolute atomic E-state index is 0.0212. The number of benzene rings is 1. The number of hydrogen-bond acceptors (Lipinski definition) is 7. The van der Waals surface area contributed by atoms with Gasteiger partial charge in [-0.2, -0.15) is 0 Å². The summed E-state index contributed by atoms with van der Waals surface area (Å²) in [6, 6.07) is 1.23. The van der Waals surface area contributed by atoms with Crippen LogP contribution < -0.4 is 4.90 Å². The maximum absolute atomic E-state index is 11.8. The van der Waals surface area contributed by atoms with Crippen LogP contribution in [0.4, 0.5) is 17.1 Å². The lowest BCUT2D eigenvalue weighted by molar-refractivity contribution is -0.393. The van der Waals surface area contributed by atoms with Crippen LogP contribution in [0.1, 0.15) is 48.1 Å². The molecule has 150 valence electrons. The molecule has 28 heavy (non-hydrogen) atoms. The molecule has 0 aliphatic carbocycles. The van der Waals surface area contributed by atoms with Gasteiger partial charge in [0.1, 0.15) is 5.82 Å². The molecular weight excluding hydrogens is 366 g/mol. The zero-order chi connectivity index (χ0) is 20.7. The van der Waals surface area contributed by atoms with Gasteiger partial charge in [-0.1, -0.05) is 13.8 Å². The summed E-state index contributed by atoms with van der Waals surface area (Å²) in [4.78, 5) is 28.5. The number of imidazole rings is 1. The lowest BCUT2D eigenvalue weighted by Gasteiger charge is -2.28. The second-order valence-corrected chi connectivity index (χ2v) is 7.30. The first-order chi connectivity index (χ1) is 13.2. The Morgan fingerprint density at radius 2 is 1.96 bits per heavy atom. The van der Waals surface area contributed by atoms with Crippen molar-refractivity contribution in [3.8, 4) is 0 Å². The maximum atomic E-state index is 11.8. The molecule has 0 bridgehead atoms. The molecule has 0 amide bonds. The van der Waals surface area contributed by atoms with Crippen LogP contribution in [0, 0.1) is 27.2 Å². The third-order valence-electron chi connectivity index (χ3n) is 5.29. The van der Waals surface area contributed by atoms with Crippen molar-refractivity contribution in [1.82, 2.24) is 9.55 Å². The van der Waals surface area contributed by atoms with Gasteiger partial charge in [0.25, 0.3) is 5.69 Å². The van der Waals surface area contributed by atoms with Gasteiger partial charge in [-0.3, -0.25) is 20.2 Å². The van der Waals surface area contributed by atoms with Gasteiger partial charge in [0.05, 0.1) is 28.7 Å². The molecule has 1 aromatic carbocycles. The summed E-state index contributed by atoms with van der Waals surface area (Å²) in [5.41, 5.74) is 1.53. The molecule has 0 unspecified atom stereocenters. The van der Waals surface area contributed by atoms with Crippen LogP contribution in [-0.4, -0.2) is 31.0 Å². The number of aromatic nitrogens is 2. The van der Waals surface area contributed by atoms with Crippen LogP contribution in [0.5, 0.6) is 0 Å². The molecule has 10 nitrogen and oxygen atoms in total. The second kappa shape index (κ2) is 7.19. The predicted molar refractivity (Wildman–Crippen MR) is 102 cm³/mol. The number of nitrogens with zero attached hydrogens (tertiary/aromatic N) is 5. The van der Waals surface area contributed by atoms with E-state index in [1.807, 2.05) is 25.5 Å². The molecule has 1 aromatic heterocycles. The SMILES string of the molecule is Cc1c(CO)cc([N+](=O)[O-])c(N2CCc3c(nc(C(C)C)n3C)C2)c1[N+](=O)[O-]. The van der Waals surface area contributed by atoms with Crippen molar-refractivity contribution in [3.63, 3.8) is 0 Å². The number of aliphatic hydroxyl groups excluding tert-OH is 1. The Hall–Kier alpha value is -3.01. The number of nitro benzene ring substituents is 2. The van der Waals surface area contributed by atoms with Crippen molar-refractivity contribution in [3.05, 3.63) is 54.6 Å². The fraction of sp³-hybridized carbons (Fsp3) is 0.500. The van der Waals surface area contributed by atoms with Gasteiger partial charge in [0.2, 0.25) is 0 Å². The zero-order valence-corrected chi connectivity index (χ0v) is 16.3. The first kappa shape index (κ1) is 19.7. The highest BCUT2D eigenvalue weighted by Gasteiger charge is 2.36. The van der Waals surface area contributed by atoms with Crippen molar-refractivity contribution in [2.45, 2.75) is 46.3 Å². The van der Waals surface area contributed by atoms with E-state index in [1.54, 1.807) is 4.90 Å². The van der Waals surface area contributed by atoms with Gasteiger partial charge >= 0.3 is 5.69 Å². The van der Waals surface area contributed by atoms with E-state index in [2.05, 4.69) is 4.98 Å². The molecule has 3 rings (SSSR count). The fourth-order valence-corrected chi connectivity index (χ4v) is 3.89. The maximum Gasteiger partial charge on any atom is 0.302 e. The quantitative estimate of drug-likeness (QED) is 0.615. The van der Waals surface area contributed by atoms with Crippen molar-refractivity contribution < 1.29 is 15.0 Å². The Labute approximate surface area is 161 Å². The molecular formula is C18H23N5O5. The molecule has 1 aliphatic rings. The summed E-state index contributed by atoms with van der Waals surface area (Å²) in [5, 5.41) is 32.9. The van der Waals surface area contributed by atoms with Gasteiger partial charge in [-0.15, -0.1) is 0 Å². The fourth-order valence-electron chi connectivity index (χ4n) is 3.89. The smallest absolute Gasteiger partial charge is 0.302 e. The topological polar surface area (TPSA) is 128 Å². The summed E-state index contributed by atoms with van der Waals surface area (Å²) in [5.74, 6) is 1.14. The van der Waals surface area contributed by atoms with E-state index < -0.39 is 16.5 Å². The number of nitro groups is 2. The van der Waals surface area contributed by atoms with E-state index in [-0.39, 0.29) is 40.7 Å². The number of aliphatic hydroxyl groups is 1. The number of hydrogen-bond donors (Lipinski definition) is 1. The van der Waals surface area contributed by atoms with Crippen molar-refractivity contribution >= 4 is 17.1 Å². The van der Waals surface area contributed by atoms with E-state index in [9.17, 15) is 25.3 Å². The molecule has 1 N–H and O–H groups in total. The lowest BCUT2D eigenvalue weighted by atomic mass is 10.0. The standard InChI is InChI=1S/C18H23N5O5/c1-10(2)18-19-13-8-21(6-5-14(13)20(18)4)17-15(22(25)26)7-12(9-24)11(3)16(17)23(27)28/h7,10,24H,5-6,8-9H2,1-4H3. The first-order valence-electron chi connectivity index (χ1n) is 9.02. The van der Waals surface area contributed by atoms with Crippen molar-refractivity contribution in [1.29, 1.82) is 0 Å². The minimum Gasteiger partial charge on any atom is -0.392 e. The van der Waals surface area contributed by atoms with Crippen LogP contribution in [0.3, 0.4) is 0 Å². The second-order valence-electron chi connectivity index (χ2n) is 7.30. The Kier molecular flexibility index (Phi) is 5.07. The van der Waals surface area contributed by atoms with Crippen LogP contribution in [-0.2, 0) is 26.6 Å². The Morgan fingerprint density at radius 3 is 2.50 bits per heavy atom. The third kappa shape index (κ3) is 3.09. The molecule has 10 heteroatoms. The molecule has 2 heterocycles. The largest absolute Gasteiger partial charge is 0.392 e. The van der Waals surface area contributed by atoms with Gasteiger partial charge in [0.15, 0.2) is 5.69 Å². The highest BCUT2D eigenvalue weighted by Crippen LogP contribution is 2.43. The molecule has 0 spiro atoms. The average molecular weight is 389 g/mol. The van der Waals surface area contributed by atoms with Crippen LogP contribution in [0.15, 0.2) is 6.07 Å². The monoisotopic (exact) mass is 389 g/mol. The van der Waals surface area contributed by atoms with E-state index in [4.69, 9.17) is 0 Å². The Balaban J connectivity index is 2.16. The summed E-state index contributed by atoms with van der Waals surface area (Å²) >= 11 is 0. The van der Waals surface area contributed by atoms with E-state index >= 15 is 0 Å². The van der Waals surface area contributed by atoms with Gasteiger partial charge in [-0.05, 0) is 12.5 Å². The summed E-state index contributed by atoms with van der Waals surface area (Å²) in [7, 11) is 1.95. The predicted octanol–water partition coefficient (Wildman–Crippen LogP) is 2.72. The third-order valence-corrected chi connectivity index (χ3v) is 5.29. The average Bonchev–Trinajstić information content (AvgIpc) is 2.97. The molecule has 0 atom stereocenters. The molecule has 0 fully saturated rings. The minimum atomic E-state index is -0.631. The number of anilines is 1. The van der Waals surface area contributed by atoms with Crippen LogP contribution in [0.25, 0.3) is 0 Å². The lowest BCUT2D eigenvalue weighted by Crippen LogP contribution is -2.32. The number of rotatable bonds is 5. The molecule has 2 aromatic rings. The van der Waals surface area contributed by atoms with E-state index in [0.29, 0.717) is 13.0 Å². The molecule has 0 radical (unpaired) electrons. The van der Waals surface area contributed by atoms with Gasteiger partial charge in [-0.25, -0.2) is 4.98 Å². The van der Waals surface area contributed by atoms with Crippen molar-refractivity contribution in [2.24, 2.45) is 7.05 Å². The normalized spacial score (nSPS) is 13.7. The molecule has 0 saturated carbocycles. The van der Waals surface area contributed by atoms with Gasteiger partial charge in [0, 0.05) is 43.3 Å². The van der Waals surface area contributed by atoms with E-state index in [1.165, 1.54) is 13.0 Å². The van der Waals surface area contributed by atoms with Crippen molar-refractivity contribution in [2.75, 3.05) is 11.4 Å². The summed E-state index contributed by atoms with van der Waals surface area (Å²) in [6.07, 6.45) is 0.584. The molecule has 1 aliphatic heterocycles. The van der Waals surface area contributed by atoms with E-state index in [0.717, 1.165) is 17.2 Å². The molecule has 0 saturated heterocycles. The highest BCUT2D eigenvalue weighted by molar-refractivity contribution is 5.79. The van der Waals surface area contributed by atoms with Crippen LogP contribution >= 0.6 is 0 Å². The summed E-state index contributed by atoms with van der Waals surface area (Å²) < 4.78 is 2.04.